The van der Waals surface area contributed by atoms with Gasteiger partial charge < -0.3 is 15.4 Å². The Bertz CT molecular complexity index is 804. The van der Waals surface area contributed by atoms with Crippen molar-refractivity contribution < 1.29 is 9.53 Å². The van der Waals surface area contributed by atoms with Crippen molar-refractivity contribution in [2.24, 2.45) is 11.7 Å². The second-order valence-electron chi connectivity index (χ2n) is 7.77. The summed E-state index contributed by atoms with van der Waals surface area (Å²) in [6, 6.07) is 16.3. The van der Waals surface area contributed by atoms with Crippen molar-refractivity contribution in [2.75, 3.05) is 26.2 Å². The van der Waals surface area contributed by atoms with E-state index in [1.807, 2.05) is 36.9 Å². The van der Waals surface area contributed by atoms with Gasteiger partial charge in [-0.1, -0.05) is 24.3 Å². The lowest BCUT2D eigenvalue weighted by Crippen LogP contribution is -2.46. The number of nitrogens with one attached hydrogen (secondary N) is 1. The molecule has 3 rings (SSSR count). The SMILES string of the molecule is CCOc1ccc(-c2cccc(SNC(C)C(=O)N3CCC(CCN)CC3)c2)cc1. The minimum atomic E-state index is -0.227. The monoisotopic (exact) mass is 427 g/mol. The molecule has 1 heterocycles. The molecule has 0 bridgehead atoms. The average Bonchev–Trinajstić information content (AvgIpc) is 2.79. The van der Waals surface area contributed by atoms with Crippen LogP contribution < -0.4 is 15.2 Å². The van der Waals surface area contributed by atoms with Crippen LogP contribution >= 0.6 is 11.9 Å². The van der Waals surface area contributed by atoms with Crippen molar-refractivity contribution in [3.05, 3.63) is 48.5 Å². The van der Waals surface area contributed by atoms with Crippen LogP contribution in [0.5, 0.6) is 5.75 Å². The Kier molecular flexibility index (Phi) is 8.61. The van der Waals surface area contributed by atoms with Gasteiger partial charge in [0.15, 0.2) is 0 Å². The molecule has 0 saturated carbocycles. The van der Waals surface area contributed by atoms with E-state index >= 15 is 0 Å². The van der Waals surface area contributed by atoms with Crippen LogP contribution in [-0.2, 0) is 4.79 Å². The van der Waals surface area contributed by atoms with Gasteiger partial charge >= 0.3 is 0 Å². The van der Waals surface area contributed by atoms with Crippen LogP contribution in [0.2, 0.25) is 0 Å². The molecular weight excluding hydrogens is 394 g/mol. The largest absolute Gasteiger partial charge is 0.494 e. The highest BCUT2D eigenvalue weighted by Gasteiger charge is 2.25. The molecule has 1 amide bonds. The predicted octanol–water partition coefficient (Wildman–Crippen LogP) is 4.32. The standard InChI is InChI=1S/C24H33N3O2S/c1-3-29-22-9-7-20(8-10-22)21-5-4-6-23(17-21)30-26-18(2)24(28)27-15-12-19(11-14-25)13-16-27/h4-10,17-19,26H,3,11-16,25H2,1-2H3. The Balaban J connectivity index is 1.53. The summed E-state index contributed by atoms with van der Waals surface area (Å²) in [5.74, 6) is 1.73. The first-order valence-corrected chi connectivity index (χ1v) is 11.7. The smallest absolute Gasteiger partial charge is 0.240 e. The van der Waals surface area contributed by atoms with Crippen LogP contribution in [-0.4, -0.2) is 43.1 Å². The van der Waals surface area contributed by atoms with Gasteiger partial charge in [0.25, 0.3) is 0 Å². The summed E-state index contributed by atoms with van der Waals surface area (Å²) in [6.07, 6.45) is 3.19. The number of carbonyl (C=O) groups is 1. The fourth-order valence-corrected chi connectivity index (χ4v) is 4.55. The zero-order chi connectivity index (χ0) is 21.3. The fraction of sp³-hybridized carbons (Fsp3) is 0.458. The molecule has 2 aromatic rings. The number of rotatable bonds is 9. The molecule has 1 saturated heterocycles. The van der Waals surface area contributed by atoms with Gasteiger partial charge in [-0.2, -0.15) is 0 Å². The van der Waals surface area contributed by atoms with Crippen molar-refractivity contribution in [2.45, 2.75) is 44.0 Å². The van der Waals surface area contributed by atoms with Gasteiger partial charge in [-0.3, -0.25) is 4.79 Å². The molecule has 0 aliphatic carbocycles. The molecule has 1 aliphatic rings. The molecule has 5 nitrogen and oxygen atoms in total. The number of hydrogen-bond donors (Lipinski definition) is 2. The van der Waals surface area contributed by atoms with Crippen molar-refractivity contribution in [3.8, 4) is 16.9 Å². The molecule has 2 aromatic carbocycles. The number of piperidine rings is 1. The lowest BCUT2D eigenvalue weighted by Gasteiger charge is -2.33. The first-order chi connectivity index (χ1) is 14.6. The van der Waals surface area contributed by atoms with Crippen molar-refractivity contribution in [1.82, 2.24) is 9.62 Å². The van der Waals surface area contributed by atoms with Crippen LogP contribution in [0.1, 0.15) is 33.1 Å². The molecule has 1 fully saturated rings. The highest BCUT2D eigenvalue weighted by molar-refractivity contribution is 7.97. The van der Waals surface area contributed by atoms with Gasteiger partial charge in [0.05, 0.1) is 12.6 Å². The van der Waals surface area contributed by atoms with Crippen LogP contribution in [0.15, 0.2) is 53.4 Å². The summed E-state index contributed by atoms with van der Waals surface area (Å²) in [6.45, 7) is 7.01. The van der Waals surface area contributed by atoms with E-state index in [1.165, 1.54) is 11.9 Å². The Morgan fingerprint density at radius 1 is 1.20 bits per heavy atom. The molecule has 1 atom stereocenters. The Labute approximate surface area is 184 Å². The second kappa shape index (κ2) is 11.4. The molecule has 3 N–H and O–H groups in total. The normalized spacial score (nSPS) is 15.8. The topological polar surface area (TPSA) is 67.6 Å². The fourth-order valence-electron chi connectivity index (χ4n) is 3.81. The molecule has 0 aromatic heterocycles. The highest BCUT2D eigenvalue weighted by Crippen LogP contribution is 2.27. The van der Waals surface area contributed by atoms with E-state index in [9.17, 15) is 4.79 Å². The summed E-state index contributed by atoms with van der Waals surface area (Å²) in [5.41, 5.74) is 7.95. The molecule has 0 spiro atoms. The lowest BCUT2D eigenvalue weighted by atomic mass is 9.93. The van der Waals surface area contributed by atoms with Crippen LogP contribution in [0.25, 0.3) is 11.1 Å². The highest BCUT2D eigenvalue weighted by atomic mass is 32.2. The van der Waals surface area contributed by atoms with Gasteiger partial charge in [0.2, 0.25) is 5.91 Å². The summed E-state index contributed by atoms with van der Waals surface area (Å²) in [5, 5.41) is 0. The molecule has 1 aliphatic heterocycles. The quantitative estimate of drug-likeness (QED) is 0.583. The second-order valence-corrected chi connectivity index (χ2v) is 8.68. The molecular formula is C24H33N3O2S. The number of hydrogen-bond acceptors (Lipinski definition) is 5. The third kappa shape index (κ3) is 6.24. The predicted molar refractivity (Wildman–Crippen MR) is 124 cm³/mol. The van der Waals surface area contributed by atoms with Gasteiger partial charge in [-0.05, 0) is 92.9 Å². The zero-order valence-corrected chi connectivity index (χ0v) is 18.8. The number of amides is 1. The van der Waals surface area contributed by atoms with Crippen LogP contribution in [0.4, 0.5) is 0 Å². The first-order valence-electron chi connectivity index (χ1n) is 10.8. The van der Waals surface area contributed by atoms with Gasteiger partial charge in [-0.25, -0.2) is 4.72 Å². The number of benzene rings is 2. The minimum absolute atomic E-state index is 0.177. The van der Waals surface area contributed by atoms with E-state index in [4.69, 9.17) is 10.5 Å². The van der Waals surface area contributed by atoms with Crippen molar-refractivity contribution in [3.63, 3.8) is 0 Å². The summed E-state index contributed by atoms with van der Waals surface area (Å²) >= 11 is 1.51. The molecule has 1 unspecified atom stereocenters. The van der Waals surface area contributed by atoms with Crippen LogP contribution in [0, 0.1) is 5.92 Å². The number of ether oxygens (including phenoxy) is 1. The molecule has 6 heteroatoms. The first kappa shape index (κ1) is 22.7. The van der Waals surface area contributed by atoms with E-state index in [0.29, 0.717) is 12.5 Å². The van der Waals surface area contributed by atoms with Crippen LogP contribution in [0.3, 0.4) is 0 Å². The summed E-state index contributed by atoms with van der Waals surface area (Å²) in [4.78, 5) is 15.8. The van der Waals surface area contributed by atoms with E-state index in [-0.39, 0.29) is 11.9 Å². The maximum atomic E-state index is 12.8. The number of likely N-dealkylation sites (tertiary alicyclic amines) is 1. The van der Waals surface area contributed by atoms with E-state index in [0.717, 1.165) is 60.7 Å². The third-order valence-corrected chi connectivity index (χ3v) is 6.52. The van der Waals surface area contributed by atoms with Gasteiger partial charge in [0.1, 0.15) is 5.75 Å². The van der Waals surface area contributed by atoms with E-state index in [2.05, 4.69) is 35.1 Å². The Morgan fingerprint density at radius 3 is 2.60 bits per heavy atom. The number of carbonyl (C=O) groups excluding carboxylic acids is 1. The lowest BCUT2D eigenvalue weighted by molar-refractivity contribution is -0.133. The van der Waals surface area contributed by atoms with E-state index < -0.39 is 0 Å². The molecule has 0 radical (unpaired) electrons. The summed E-state index contributed by atoms with van der Waals surface area (Å²) < 4.78 is 8.84. The average molecular weight is 428 g/mol. The van der Waals surface area contributed by atoms with Crippen molar-refractivity contribution >= 4 is 17.9 Å². The minimum Gasteiger partial charge on any atom is -0.494 e. The van der Waals surface area contributed by atoms with Crippen molar-refractivity contribution in [1.29, 1.82) is 0 Å². The maximum Gasteiger partial charge on any atom is 0.240 e. The third-order valence-electron chi connectivity index (χ3n) is 5.56. The maximum absolute atomic E-state index is 12.8. The van der Waals surface area contributed by atoms with E-state index in [1.54, 1.807) is 0 Å². The van der Waals surface area contributed by atoms with Gasteiger partial charge in [0, 0.05) is 18.0 Å². The Hall–Kier alpha value is -2.02. The molecule has 162 valence electrons. The number of nitrogens with zero attached hydrogens (tertiary/aromatic N) is 1. The number of nitrogens with two attached hydrogens (primary N) is 1. The van der Waals surface area contributed by atoms with Gasteiger partial charge in [-0.15, -0.1) is 0 Å². The summed E-state index contributed by atoms with van der Waals surface area (Å²) in [7, 11) is 0. The molecule has 30 heavy (non-hydrogen) atoms. The Morgan fingerprint density at radius 2 is 1.93 bits per heavy atom. The zero-order valence-electron chi connectivity index (χ0n) is 18.0.